The summed E-state index contributed by atoms with van der Waals surface area (Å²) in [6.07, 6.45) is 0. The van der Waals surface area contributed by atoms with Gasteiger partial charge in [0.25, 0.3) is 5.91 Å². The Kier molecular flexibility index (Phi) is 5.20. The molecule has 26 heavy (non-hydrogen) atoms. The maximum atomic E-state index is 12.7. The molecule has 0 saturated heterocycles. The van der Waals surface area contributed by atoms with Crippen LogP contribution < -0.4 is 5.32 Å². The summed E-state index contributed by atoms with van der Waals surface area (Å²) in [6, 6.07) is 5.47. The number of rotatable bonds is 4. The summed E-state index contributed by atoms with van der Waals surface area (Å²) in [5.41, 5.74) is 4.45. The number of nitrogens with one attached hydrogen (secondary N) is 1. The predicted molar refractivity (Wildman–Crippen MR) is 105 cm³/mol. The van der Waals surface area contributed by atoms with Crippen LogP contribution in [0.1, 0.15) is 36.9 Å². The van der Waals surface area contributed by atoms with Crippen molar-refractivity contribution in [3.63, 3.8) is 0 Å². The van der Waals surface area contributed by atoms with Crippen molar-refractivity contribution in [2.24, 2.45) is 0 Å². The third-order valence-electron chi connectivity index (χ3n) is 4.10. The molecule has 1 N–H and O–H groups in total. The second-order valence-electron chi connectivity index (χ2n) is 5.86. The van der Waals surface area contributed by atoms with Crippen molar-refractivity contribution in [2.45, 2.75) is 20.8 Å². The third-order valence-corrected chi connectivity index (χ3v) is 5.99. The van der Waals surface area contributed by atoms with Crippen LogP contribution in [0.4, 0.5) is 5.69 Å². The van der Waals surface area contributed by atoms with Gasteiger partial charge >= 0.3 is 5.97 Å². The van der Waals surface area contributed by atoms with Crippen LogP contribution in [-0.4, -0.2) is 24.0 Å². The average molecular weight is 386 g/mol. The summed E-state index contributed by atoms with van der Waals surface area (Å²) in [7, 11) is 1.34. The molecule has 2 aromatic heterocycles. The van der Waals surface area contributed by atoms with Gasteiger partial charge in [-0.15, -0.1) is 11.3 Å². The van der Waals surface area contributed by atoms with Crippen LogP contribution in [0, 0.1) is 20.8 Å². The van der Waals surface area contributed by atoms with Crippen molar-refractivity contribution in [3.8, 4) is 10.6 Å². The Bertz CT molecular complexity index is 975. The molecule has 0 fully saturated rings. The summed E-state index contributed by atoms with van der Waals surface area (Å²) >= 11 is 2.95. The Morgan fingerprint density at radius 2 is 1.96 bits per heavy atom. The minimum Gasteiger partial charge on any atom is -0.465 e. The van der Waals surface area contributed by atoms with Crippen LogP contribution in [0.5, 0.6) is 0 Å². The summed E-state index contributed by atoms with van der Waals surface area (Å²) in [6.45, 7) is 5.57. The smallest absolute Gasteiger partial charge is 0.338 e. The third kappa shape index (κ3) is 3.54. The Morgan fingerprint density at radius 3 is 2.62 bits per heavy atom. The number of thiophene rings is 1. The summed E-state index contributed by atoms with van der Waals surface area (Å²) in [5.74, 6) is -0.657. The number of benzene rings is 1. The van der Waals surface area contributed by atoms with Crippen LogP contribution >= 0.6 is 22.7 Å². The number of aryl methyl sites for hydroxylation is 2. The Hall–Kier alpha value is -2.51. The molecular formula is C19H18N2O3S2. The SMILES string of the molecule is COC(=O)c1cc(NC(=O)c2sc(-c3ccsc3)nc2C)cc(C)c1C. The number of aromatic nitrogens is 1. The Morgan fingerprint density at radius 1 is 1.19 bits per heavy atom. The van der Waals surface area contributed by atoms with E-state index in [0.717, 1.165) is 21.7 Å². The first-order valence-corrected chi connectivity index (χ1v) is 9.67. The lowest BCUT2D eigenvalue weighted by Gasteiger charge is -2.11. The predicted octanol–water partition coefficient (Wildman–Crippen LogP) is 4.84. The number of nitrogens with zero attached hydrogens (tertiary/aromatic N) is 1. The molecule has 0 aliphatic carbocycles. The van der Waals surface area contributed by atoms with E-state index in [4.69, 9.17) is 4.74 Å². The highest BCUT2D eigenvalue weighted by molar-refractivity contribution is 7.17. The van der Waals surface area contributed by atoms with Crippen molar-refractivity contribution in [2.75, 3.05) is 12.4 Å². The van der Waals surface area contributed by atoms with Crippen molar-refractivity contribution < 1.29 is 14.3 Å². The van der Waals surface area contributed by atoms with Gasteiger partial charge in [-0.2, -0.15) is 11.3 Å². The first kappa shape index (κ1) is 18.3. The van der Waals surface area contributed by atoms with Gasteiger partial charge in [-0.3, -0.25) is 4.79 Å². The summed E-state index contributed by atoms with van der Waals surface area (Å²) in [5, 5.41) is 7.68. The maximum absolute atomic E-state index is 12.7. The van der Waals surface area contributed by atoms with Crippen molar-refractivity contribution in [1.82, 2.24) is 4.98 Å². The molecule has 134 valence electrons. The second kappa shape index (κ2) is 7.39. The first-order valence-electron chi connectivity index (χ1n) is 7.91. The van der Waals surface area contributed by atoms with Crippen LogP contribution in [0.25, 0.3) is 10.6 Å². The topological polar surface area (TPSA) is 68.3 Å². The highest BCUT2D eigenvalue weighted by Crippen LogP contribution is 2.30. The van der Waals surface area contributed by atoms with Gasteiger partial charge in [0.1, 0.15) is 9.88 Å². The number of hydrogen-bond acceptors (Lipinski definition) is 6. The van der Waals surface area contributed by atoms with Gasteiger partial charge in [-0.05, 0) is 55.5 Å². The fourth-order valence-electron chi connectivity index (χ4n) is 2.56. The van der Waals surface area contributed by atoms with Crippen LogP contribution in [0.3, 0.4) is 0 Å². The van der Waals surface area contributed by atoms with Gasteiger partial charge in [0.15, 0.2) is 0 Å². The number of methoxy groups -OCH3 is 1. The molecule has 0 bridgehead atoms. The van der Waals surface area contributed by atoms with E-state index in [0.29, 0.717) is 21.8 Å². The molecular weight excluding hydrogens is 368 g/mol. The molecule has 0 unspecified atom stereocenters. The number of hydrogen-bond donors (Lipinski definition) is 1. The van der Waals surface area contributed by atoms with E-state index in [9.17, 15) is 9.59 Å². The van der Waals surface area contributed by atoms with Gasteiger partial charge in [-0.1, -0.05) is 0 Å². The zero-order valence-corrected chi connectivity index (χ0v) is 16.5. The summed E-state index contributed by atoms with van der Waals surface area (Å²) in [4.78, 5) is 29.7. The minimum absolute atomic E-state index is 0.236. The van der Waals surface area contributed by atoms with Gasteiger partial charge in [0.05, 0.1) is 18.4 Å². The molecule has 1 aromatic carbocycles. The molecule has 0 aliphatic heterocycles. The lowest BCUT2D eigenvalue weighted by Crippen LogP contribution is -2.13. The molecule has 0 aliphatic rings. The van der Waals surface area contributed by atoms with E-state index in [-0.39, 0.29) is 5.91 Å². The van der Waals surface area contributed by atoms with Crippen LogP contribution in [-0.2, 0) is 4.74 Å². The number of carbonyl (C=O) groups excluding carboxylic acids is 2. The lowest BCUT2D eigenvalue weighted by atomic mass is 10.0. The van der Waals surface area contributed by atoms with E-state index < -0.39 is 5.97 Å². The number of carbonyl (C=O) groups is 2. The van der Waals surface area contributed by atoms with Gasteiger partial charge in [0, 0.05) is 16.6 Å². The number of ether oxygens (including phenoxy) is 1. The molecule has 0 spiro atoms. The first-order chi connectivity index (χ1) is 12.4. The molecule has 3 rings (SSSR count). The van der Waals surface area contributed by atoms with Crippen molar-refractivity contribution in [3.05, 3.63) is 56.2 Å². The Balaban J connectivity index is 1.89. The number of anilines is 1. The monoisotopic (exact) mass is 386 g/mol. The van der Waals surface area contributed by atoms with E-state index in [2.05, 4.69) is 10.3 Å². The maximum Gasteiger partial charge on any atom is 0.338 e. The minimum atomic E-state index is -0.421. The molecule has 0 radical (unpaired) electrons. The number of esters is 1. The second-order valence-corrected chi connectivity index (χ2v) is 7.64. The van der Waals surface area contributed by atoms with Crippen molar-refractivity contribution >= 4 is 40.2 Å². The fraction of sp³-hybridized carbons (Fsp3) is 0.211. The lowest BCUT2D eigenvalue weighted by molar-refractivity contribution is 0.0599. The zero-order valence-electron chi connectivity index (χ0n) is 14.9. The molecule has 7 heteroatoms. The molecule has 5 nitrogen and oxygen atoms in total. The van der Waals surface area contributed by atoms with E-state index in [1.165, 1.54) is 18.4 Å². The molecule has 3 aromatic rings. The number of thiazole rings is 1. The number of amides is 1. The normalized spacial score (nSPS) is 10.6. The molecule has 2 heterocycles. The standard InChI is InChI=1S/C19H18N2O3S2/c1-10-7-14(8-15(11(10)2)19(23)24-4)21-17(22)16-12(3)20-18(26-16)13-5-6-25-9-13/h5-9H,1-4H3,(H,21,22). The van der Waals surface area contributed by atoms with Crippen LogP contribution in [0.2, 0.25) is 0 Å². The fourth-order valence-corrected chi connectivity index (χ4v) is 4.23. The molecule has 1 amide bonds. The zero-order chi connectivity index (χ0) is 18.8. The summed E-state index contributed by atoms with van der Waals surface area (Å²) < 4.78 is 4.82. The quantitative estimate of drug-likeness (QED) is 0.652. The highest BCUT2D eigenvalue weighted by atomic mass is 32.1. The van der Waals surface area contributed by atoms with Gasteiger partial charge in [-0.25, -0.2) is 9.78 Å². The Labute approximate surface area is 159 Å². The van der Waals surface area contributed by atoms with Gasteiger partial charge < -0.3 is 10.1 Å². The van der Waals surface area contributed by atoms with E-state index in [1.807, 2.05) is 43.7 Å². The highest BCUT2D eigenvalue weighted by Gasteiger charge is 2.18. The largest absolute Gasteiger partial charge is 0.465 e. The molecule has 0 atom stereocenters. The van der Waals surface area contributed by atoms with E-state index in [1.54, 1.807) is 17.4 Å². The van der Waals surface area contributed by atoms with Crippen LogP contribution in [0.15, 0.2) is 29.0 Å². The molecule has 0 saturated carbocycles. The van der Waals surface area contributed by atoms with Gasteiger partial charge in [0.2, 0.25) is 0 Å². The van der Waals surface area contributed by atoms with Crippen molar-refractivity contribution in [1.29, 1.82) is 0 Å². The van der Waals surface area contributed by atoms with E-state index >= 15 is 0 Å². The average Bonchev–Trinajstić information content (AvgIpc) is 3.26.